The summed E-state index contributed by atoms with van der Waals surface area (Å²) in [4.78, 5) is 11.6. The molecule has 0 amide bonds. The molecule has 0 spiro atoms. The molecule has 3 rings (SSSR count). The molecule has 4 nitrogen and oxygen atoms in total. The third-order valence-corrected chi connectivity index (χ3v) is 3.55. The van der Waals surface area contributed by atoms with E-state index in [4.69, 9.17) is 4.42 Å². The maximum atomic E-state index is 11.6. The fourth-order valence-corrected chi connectivity index (χ4v) is 2.63. The highest BCUT2D eigenvalue weighted by Gasteiger charge is 2.19. The van der Waals surface area contributed by atoms with E-state index in [0.717, 1.165) is 24.3 Å². The molecular weight excluding hydrogens is 228 g/mol. The van der Waals surface area contributed by atoms with Crippen molar-refractivity contribution in [3.8, 4) is 5.69 Å². The van der Waals surface area contributed by atoms with Gasteiger partial charge in [0, 0.05) is 30.4 Å². The van der Waals surface area contributed by atoms with Crippen molar-refractivity contribution in [3.63, 3.8) is 0 Å². The average Bonchev–Trinajstić information content (AvgIpc) is 2.93. The van der Waals surface area contributed by atoms with Crippen LogP contribution in [0.4, 0.5) is 0 Å². The van der Waals surface area contributed by atoms with Gasteiger partial charge in [-0.2, -0.15) is 5.10 Å². The molecule has 0 atom stereocenters. The number of aromatic nitrogens is 2. The highest BCUT2D eigenvalue weighted by Crippen LogP contribution is 2.32. The molecule has 0 bridgehead atoms. The number of rotatable bonds is 2. The van der Waals surface area contributed by atoms with E-state index < -0.39 is 0 Å². The number of hydrogen-bond donors (Lipinski definition) is 0. The van der Waals surface area contributed by atoms with Crippen LogP contribution in [0, 0.1) is 0 Å². The van der Waals surface area contributed by atoms with Crippen molar-refractivity contribution in [2.75, 3.05) is 0 Å². The van der Waals surface area contributed by atoms with Crippen molar-refractivity contribution in [2.45, 2.75) is 38.0 Å². The SMILES string of the molecule is O=c1cc(-n2cccn2)cc(C2CCCCC2)o1. The molecule has 0 aliphatic heterocycles. The minimum atomic E-state index is -0.288. The van der Waals surface area contributed by atoms with Crippen LogP contribution in [0.15, 0.2) is 39.8 Å². The quantitative estimate of drug-likeness (QED) is 0.816. The van der Waals surface area contributed by atoms with Gasteiger partial charge in [0.25, 0.3) is 0 Å². The van der Waals surface area contributed by atoms with Crippen molar-refractivity contribution < 1.29 is 4.42 Å². The van der Waals surface area contributed by atoms with Crippen molar-refractivity contribution in [3.05, 3.63) is 46.8 Å². The van der Waals surface area contributed by atoms with Crippen molar-refractivity contribution >= 4 is 0 Å². The first-order valence-electron chi connectivity index (χ1n) is 6.48. The Morgan fingerprint density at radius 3 is 2.78 bits per heavy atom. The van der Waals surface area contributed by atoms with Crippen molar-refractivity contribution in [2.24, 2.45) is 0 Å². The minimum Gasteiger partial charge on any atom is -0.427 e. The third-order valence-electron chi connectivity index (χ3n) is 3.55. The summed E-state index contributed by atoms with van der Waals surface area (Å²) in [5, 5.41) is 4.15. The average molecular weight is 244 g/mol. The summed E-state index contributed by atoms with van der Waals surface area (Å²) in [7, 11) is 0. The van der Waals surface area contributed by atoms with Crippen LogP contribution in [0.5, 0.6) is 0 Å². The number of hydrogen-bond acceptors (Lipinski definition) is 3. The molecule has 0 N–H and O–H groups in total. The lowest BCUT2D eigenvalue weighted by Crippen LogP contribution is -2.10. The molecular formula is C14H16N2O2. The molecule has 4 heteroatoms. The van der Waals surface area contributed by atoms with Gasteiger partial charge in [-0.25, -0.2) is 9.48 Å². The van der Waals surface area contributed by atoms with E-state index in [1.807, 2.05) is 18.3 Å². The van der Waals surface area contributed by atoms with E-state index in [1.165, 1.54) is 25.3 Å². The Morgan fingerprint density at radius 2 is 2.06 bits per heavy atom. The topological polar surface area (TPSA) is 48.0 Å². The van der Waals surface area contributed by atoms with Gasteiger partial charge in [-0.3, -0.25) is 0 Å². The predicted octanol–water partition coefficient (Wildman–Crippen LogP) is 2.87. The lowest BCUT2D eigenvalue weighted by Gasteiger charge is -2.20. The molecule has 1 aliphatic rings. The van der Waals surface area contributed by atoms with Crippen molar-refractivity contribution in [1.29, 1.82) is 0 Å². The smallest absolute Gasteiger partial charge is 0.338 e. The molecule has 2 heterocycles. The van der Waals surface area contributed by atoms with Crippen LogP contribution in [0.2, 0.25) is 0 Å². The van der Waals surface area contributed by atoms with E-state index in [0.29, 0.717) is 5.92 Å². The molecule has 2 aromatic rings. The van der Waals surface area contributed by atoms with E-state index in [2.05, 4.69) is 5.10 Å². The Bertz CT molecular complexity index is 566. The first kappa shape index (κ1) is 11.3. The molecule has 18 heavy (non-hydrogen) atoms. The fourth-order valence-electron chi connectivity index (χ4n) is 2.63. The summed E-state index contributed by atoms with van der Waals surface area (Å²) in [5.41, 5.74) is 0.500. The first-order chi connectivity index (χ1) is 8.83. The van der Waals surface area contributed by atoms with E-state index in [9.17, 15) is 4.79 Å². The second-order valence-electron chi connectivity index (χ2n) is 4.82. The summed E-state index contributed by atoms with van der Waals surface area (Å²) in [6.07, 6.45) is 9.51. The fraction of sp³-hybridized carbons (Fsp3) is 0.429. The van der Waals surface area contributed by atoms with Crippen LogP contribution < -0.4 is 5.63 Å². The van der Waals surface area contributed by atoms with E-state index in [-0.39, 0.29) is 5.63 Å². The summed E-state index contributed by atoms with van der Waals surface area (Å²) < 4.78 is 7.06. The summed E-state index contributed by atoms with van der Waals surface area (Å²) in [5.74, 6) is 1.20. The summed E-state index contributed by atoms with van der Waals surface area (Å²) in [6.45, 7) is 0. The van der Waals surface area contributed by atoms with Crippen LogP contribution in [0.1, 0.15) is 43.8 Å². The van der Waals surface area contributed by atoms with Crippen LogP contribution in [-0.2, 0) is 0 Å². The summed E-state index contributed by atoms with van der Waals surface area (Å²) >= 11 is 0. The molecule has 0 saturated heterocycles. The Balaban J connectivity index is 1.98. The van der Waals surface area contributed by atoms with Gasteiger partial charge in [-0.05, 0) is 18.9 Å². The van der Waals surface area contributed by atoms with Gasteiger partial charge >= 0.3 is 5.63 Å². The monoisotopic (exact) mass is 244 g/mol. The van der Waals surface area contributed by atoms with Gasteiger partial charge in [-0.15, -0.1) is 0 Å². The maximum absolute atomic E-state index is 11.6. The molecule has 94 valence electrons. The van der Waals surface area contributed by atoms with Crippen LogP contribution in [0.25, 0.3) is 5.69 Å². The van der Waals surface area contributed by atoms with Crippen molar-refractivity contribution in [1.82, 2.24) is 9.78 Å². The zero-order valence-corrected chi connectivity index (χ0v) is 10.2. The zero-order valence-electron chi connectivity index (χ0n) is 10.2. The minimum absolute atomic E-state index is 0.288. The molecule has 0 unspecified atom stereocenters. The van der Waals surface area contributed by atoms with Gasteiger partial charge in [0.1, 0.15) is 5.76 Å². The van der Waals surface area contributed by atoms with Gasteiger partial charge in [0.15, 0.2) is 0 Å². The first-order valence-corrected chi connectivity index (χ1v) is 6.48. The Labute approximate surface area is 105 Å². The van der Waals surface area contributed by atoms with Gasteiger partial charge < -0.3 is 4.42 Å². The van der Waals surface area contributed by atoms with Crippen LogP contribution in [-0.4, -0.2) is 9.78 Å². The molecule has 0 aromatic carbocycles. The van der Waals surface area contributed by atoms with E-state index >= 15 is 0 Å². The normalized spacial score (nSPS) is 16.9. The summed E-state index contributed by atoms with van der Waals surface area (Å²) in [6, 6.07) is 5.28. The lowest BCUT2D eigenvalue weighted by atomic mass is 9.87. The largest absolute Gasteiger partial charge is 0.427 e. The molecule has 1 fully saturated rings. The van der Waals surface area contributed by atoms with Gasteiger partial charge in [-0.1, -0.05) is 19.3 Å². The van der Waals surface area contributed by atoms with Crippen LogP contribution in [0.3, 0.4) is 0 Å². The zero-order chi connectivity index (χ0) is 12.4. The second kappa shape index (κ2) is 4.80. The van der Waals surface area contributed by atoms with Gasteiger partial charge in [0.05, 0.1) is 5.69 Å². The Kier molecular flexibility index (Phi) is 3.00. The predicted molar refractivity (Wildman–Crippen MR) is 67.9 cm³/mol. The van der Waals surface area contributed by atoms with E-state index in [1.54, 1.807) is 10.9 Å². The Hall–Kier alpha value is -1.84. The highest BCUT2D eigenvalue weighted by atomic mass is 16.4. The number of nitrogens with zero attached hydrogens (tertiary/aromatic N) is 2. The molecule has 1 aliphatic carbocycles. The highest BCUT2D eigenvalue weighted by molar-refractivity contribution is 5.30. The third kappa shape index (κ3) is 2.23. The lowest BCUT2D eigenvalue weighted by molar-refractivity contribution is 0.355. The van der Waals surface area contributed by atoms with Gasteiger partial charge in [0.2, 0.25) is 0 Å². The standard InChI is InChI=1S/C14H16N2O2/c17-14-10-12(16-8-4-7-15-16)9-13(18-14)11-5-2-1-3-6-11/h4,7-11H,1-3,5-6H2. The van der Waals surface area contributed by atoms with Crippen LogP contribution >= 0.6 is 0 Å². The maximum Gasteiger partial charge on any atom is 0.338 e. The molecule has 0 radical (unpaired) electrons. The Morgan fingerprint density at radius 1 is 1.22 bits per heavy atom. The molecule has 1 saturated carbocycles. The molecule has 2 aromatic heterocycles. The second-order valence-corrected chi connectivity index (χ2v) is 4.82.